The van der Waals surface area contributed by atoms with Gasteiger partial charge in [-0.05, 0) is 6.42 Å². The van der Waals surface area contributed by atoms with Crippen molar-refractivity contribution in [3.63, 3.8) is 0 Å². The Kier molecular flexibility index (Phi) is 17.0. The van der Waals surface area contributed by atoms with Crippen LogP contribution in [0.1, 0.15) is 29.0 Å². The third-order valence-electron chi connectivity index (χ3n) is 1.44. The van der Waals surface area contributed by atoms with Gasteiger partial charge in [0.25, 0.3) is 0 Å². The van der Waals surface area contributed by atoms with E-state index in [1.165, 1.54) is 0 Å². The first-order chi connectivity index (χ1) is 5.09. The van der Waals surface area contributed by atoms with E-state index in [1.807, 2.05) is 6.92 Å². The quantitative estimate of drug-likeness (QED) is 0.351. The van der Waals surface area contributed by atoms with Gasteiger partial charge in [0.05, 0.1) is 0 Å². The number of hydrogen-bond donors (Lipinski definition) is 2. The first-order valence-electron chi connectivity index (χ1n) is 3.55. The van der Waals surface area contributed by atoms with Crippen molar-refractivity contribution >= 4 is 11.9 Å². The van der Waals surface area contributed by atoms with Crippen molar-refractivity contribution in [2.75, 3.05) is 0 Å². The van der Waals surface area contributed by atoms with Gasteiger partial charge < -0.3 is 13.1 Å². The average Bonchev–Trinajstić information content (AvgIpc) is 1.87. The number of carbonyl (C=O) groups is 2. The van der Waals surface area contributed by atoms with Gasteiger partial charge in [0.2, 0.25) is 0 Å². The fourth-order valence-corrected chi connectivity index (χ4v) is 0.761. The van der Waals surface area contributed by atoms with Crippen molar-refractivity contribution in [3.8, 4) is 0 Å². The number of rotatable bonds is 5. The van der Waals surface area contributed by atoms with Crippen molar-refractivity contribution in [2.45, 2.75) is 26.2 Å². The predicted molar refractivity (Wildman–Crippen MR) is 40.5 cm³/mol. The molecule has 13 heavy (non-hydrogen) atoms. The van der Waals surface area contributed by atoms with Gasteiger partial charge in [0, 0.05) is 0 Å². The Balaban J connectivity index is -0.0000000833. The Morgan fingerprint density at radius 1 is 1.31 bits per heavy atom. The van der Waals surface area contributed by atoms with Crippen molar-refractivity contribution < 1.29 is 92.9 Å². The molecule has 0 unspecified atom stereocenters. The van der Waals surface area contributed by atoms with Gasteiger partial charge in [0.1, 0.15) is 0 Å². The SMILES string of the molecule is CCCCC(C(=O)O)C(=O)O.[H-].[H-].[K+].[Li+]. The number of hydrogen-bond acceptors (Lipinski definition) is 2. The maximum Gasteiger partial charge on any atom is 1.00 e. The van der Waals surface area contributed by atoms with Crippen LogP contribution in [0.4, 0.5) is 0 Å². The van der Waals surface area contributed by atoms with Crippen LogP contribution < -0.4 is 70.2 Å². The second kappa shape index (κ2) is 11.2. The zero-order valence-corrected chi connectivity index (χ0v) is 11.5. The van der Waals surface area contributed by atoms with E-state index in [1.54, 1.807) is 0 Å². The smallest absolute Gasteiger partial charge is 1.00 e. The molecule has 0 fully saturated rings. The summed E-state index contributed by atoms with van der Waals surface area (Å²) in [6, 6.07) is 0. The summed E-state index contributed by atoms with van der Waals surface area (Å²) in [5.74, 6) is -3.72. The second-order valence-corrected chi connectivity index (χ2v) is 2.37. The van der Waals surface area contributed by atoms with E-state index in [9.17, 15) is 9.59 Å². The minimum atomic E-state index is -1.24. The van der Waals surface area contributed by atoms with Crippen LogP contribution in [-0.4, -0.2) is 22.2 Å². The van der Waals surface area contributed by atoms with Crippen LogP contribution in [0.2, 0.25) is 0 Å². The first-order valence-corrected chi connectivity index (χ1v) is 3.55. The fraction of sp³-hybridized carbons (Fsp3) is 0.714. The molecule has 0 aromatic rings. The number of aliphatic carboxylic acids is 2. The molecule has 2 N–H and O–H groups in total. The fourth-order valence-electron chi connectivity index (χ4n) is 0.761. The second-order valence-electron chi connectivity index (χ2n) is 2.37. The summed E-state index contributed by atoms with van der Waals surface area (Å²) in [4.78, 5) is 20.5. The van der Waals surface area contributed by atoms with Gasteiger partial charge in [-0.3, -0.25) is 9.59 Å². The molecular weight excluding hydrogens is 194 g/mol. The third kappa shape index (κ3) is 9.48. The predicted octanol–water partition coefficient (Wildman–Crippen LogP) is -4.80. The molecule has 0 spiro atoms. The molecule has 6 heteroatoms. The standard InChI is InChI=1S/C7H12O4.K.Li.2H/c1-2-3-4-5(6(8)9)7(10)11;;;;/h5H,2-4H2,1H3,(H,8,9)(H,10,11);;;;/q;2*+1;2*-1. The van der Waals surface area contributed by atoms with Crippen molar-refractivity contribution in [3.05, 3.63) is 0 Å². The molecule has 0 saturated carbocycles. The molecule has 0 heterocycles. The van der Waals surface area contributed by atoms with Gasteiger partial charge in [-0.1, -0.05) is 19.8 Å². The summed E-state index contributed by atoms with van der Waals surface area (Å²) in [7, 11) is 0. The molecule has 0 aromatic heterocycles. The van der Waals surface area contributed by atoms with Crippen LogP contribution in [0.15, 0.2) is 0 Å². The van der Waals surface area contributed by atoms with E-state index in [0.29, 0.717) is 6.42 Å². The maximum absolute atomic E-state index is 10.3. The van der Waals surface area contributed by atoms with Gasteiger partial charge in [0.15, 0.2) is 5.92 Å². The van der Waals surface area contributed by atoms with Crippen LogP contribution in [0.5, 0.6) is 0 Å². The van der Waals surface area contributed by atoms with Gasteiger partial charge >= 0.3 is 82.2 Å². The molecule has 0 rings (SSSR count). The molecule has 0 aliphatic carbocycles. The van der Waals surface area contributed by atoms with E-state index in [0.717, 1.165) is 6.42 Å². The van der Waals surface area contributed by atoms with E-state index in [-0.39, 0.29) is 79.5 Å². The first kappa shape index (κ1) is 19.7. The summed E-state index contributed by atoms with van der Waals surface area (Å²) in [6.45, 7) is 1.89. The Bertz CT molecular complexity index is 157. The third-order valence-corrected chi connectivity index (χ3v) is 1.44. The monoisotopic (exact) mass is 208 g/mol. The zero-order chi connectivity index (χ0) is 8.85. The molecule has 0 radical (unpaired) electrons. The molecule has 0 amide bonds. The summed E-state index contributed by atoms with van der Waals surface area (Å²) in [6.07, 6.45) is 1.68. The van der Waals surface area contributed by atoms with Crippen LogP contribution in [-0.2, 0) is 9.59 Å². The summed E-state index contributed by atoms with van der Waals surface area (Å²) >= 11 is 0. The molecule has 4 nitrogen and oxygen atoms in total. The molecule has 0 aliphatic heterocycles. The normalized spacial score (nSPS) is 8.46. The minimum absolute atomic E-state index is 0. The topological polar surface area (TPSA) is 74.6 Å². The van der Waals surface area contributed by atoms with E-state index >= 15 is 0 Å². The van der Waals surface area contributed by atoms with E-state index in [2.05, 4.69) is 0 Å². The van der Waals surface area contributed by atoms with Crippen LogP contribution >= 0.6 is 0 Å². The Morgan fingerprint density at radius 3 is 1.92 bits per heavy atom. The summed E-state index contributed by atoms with van der Waals surface area (Å²) in [5.41, 5.74) is 0. The summed E-state index contributed by atoms with van der Waals surface area (Å²) < 4.78 is 0. The molecule has 0 atom stereocenters. The van der Waals surface area contributed by atoms with Crippen molar-refractivity contribution in [1.82, 2.24) is 0 Å². The van der Waals surface area contributed by atoms with E-state index in [4.69, 9.17) is 10.2 Å². The van der Waals surface area contributed by atoms with Gasteiger partial charge in [-0.15, -0.1) is 0 Å². The van der Waals surface area contributed by atoms with Crippen LogP contribution in [0, 0.1) is 5.92 Å². The van der Waals surface area contributed by atoms with Crippen molar-refractivity contribution in [2.24, 2.45) is 5.92 Å². The largest absolute Gasteiger partial charge is 1.00 e. The van der Waals surface area contributed by atoms with Crippen LogP contribution in [0.25, 0.3) is 0 Å². The van der Waals surface area contributed by atoms with E-state index < -0.39 is 17.9 Å². The van der Waals surface area contributed by atoms with Crippen LogP contribution in [0.3, 0.4) is 0 Å². The average molecular weight is 208 g/mol. The van der Waals surface area contributed by atoms with Gasteiger partial charge in [-0.25, -0.2) is 0 Å². The van der Waals surface area contributed by atoms with Gasteiger partial charge in [-0.2, -0.15) is 0 Å². The molecule has 0 saturated heterocycles. The molecule has 68 valence electrons. The molecule has 0 bridgehead atoms. The maximum atomic E-state index is 10.3. The number of unbranched alkanes of at least 4 members (excludes halogenated alkanes) is 1. The number of carboxylic acids is 2. The Labute approximate surface area is 135 Å². The molecule has 0 aliphatic rings. The minimum Gasteiger partial charge on any atom is -1.00 e. The summed E-state index contributed by atoms with van der Waals surface area (Å²) in [5, 5.41) is 16.8. The van der Waals surface area contributed by atoms with Crippen molar-refractivity contribution in [1.29, 1.82) is 0 Å². The molecule has 0 aromatic carbocycles. The number of carboxylic acid groups (broad SMARTS) is 2. The Morgan fingerprint density at radius 2 is 1.69 bits per heavy atom. The Hall–Kier alpha value is 1.17. The zero-order valence-electron chi connectivity index (χ0n) is 10.4. The molecular formula is C7H14KLiO4.